The summed E-state index contributed by atoms with van der Waals surface area (Å²) in [5.74, 6) is -0.653. The third-order valence-corrected chi connectivity index (χ3v) is 12.6. The van der Waals surface area contributed by atoms with Crippen LogP contribution in [-0.2, 0) is 27.9 Å². The van der Waals surface area contributed by atoms with E-state index in [0.29, 0.717) is 23.9 Å². The first-order valence-electron chi connectivity index (χ1n) is 28.5. The molecule has 0 aliphatic heterocycles. The van der Waals surface area contributed by atoms with Gasteiger partial charge in [0.1, 0.15) is 19.3 Å². The SMILES string of the molecule is CC/C=C\C/C=C\C/C=C\C/C=C\C/C=C\C/C=C\CCC(=O)OC(/C=C/CCCCCCCCCCCC)C(COP(=O)(O)OCC[N+](C)(C)C)NC(=O)CCCCC/C=C/C/C=C/C/C=C/C/C=C/CC. The predicted molar refractivity (Wildman–Crippen MR) is 313 cm³/mol. The van der Waals surface area contributed by atoms with Crippen LogP contribution in [0, 0.1) is 0 Å². The van der Waals surface area contributed by atoms with Crippen LogP contribution < -0.4 is 5.32 Å². The molecule has 0 aliphatic rings. The molecule has 0 aromatic rings. The average molecular weight is 1030 g/mol. The molecule has 3 unspecified atom stereocenters. The van der Waals surface area contributed by atoms with Crippen LogP contribution in [-0.4, -0.2) is 74.3 Å². The highest BCUT2D eigenvalue weighted by atomic mass is 31.2. The first-order valence-corrected chi connectivity index (χ1v) is 30.0. The van der Waals surface area contributed by atoms with Gasteiger partial charge in [0, 0.05) is 12.8 Å². The number of nitrogens with one attached hydrogen (secondary N) is 1. The maximum atomic E-state index is 13.5. The third kappa shape index (κ3) is 52.8. The molecule has 1 amide bonds. The molecule has 0 saturated carbocycles. The minimum Gasteiger partial charge on any atom is -0.456 e. The van der Waals surface area contributed by atoms with Gasteiger partial charge in [0.25, 0.3) is 0 Å². The lowest BCUT2D eigenvalue weighted by Crippen LogP contribution is -2.47. The van der Waals surface area contributed by atoms with Crippen molar-refractivity contribution in [2.75, 3.05) is 40.9 Å². The van der Waals surface area contributed by atoms with Gasteiger partial charge in [0.15, 0.2) is 0 Å². The lowest BCUT2D eigenvalue weighted by Gasteiger charge is -2.27. The topological polar surface area (TPSA) is 111 Å². The van der Waals surface area contributed by atoms with Gasteiger partial charge in [0.05, 0.1) is 33.8 Å². The van der Waals surface area contributed by atoms with Crippen LogP contribution in [0.1, 0.15) is 201 Å². The van der Waals surface area contributed by atoms with Crippen molar-refractivity contribution in [1.82, 2.24) is 5.32 Å². The van der Waals surface area contributed by atoms with E-state index < -0.39 is 25.9 Å². The highest BCUT2D eigenvalue weighted by Gasteiger charge is 2.30. The molecule has 0 fully saturated rings. The Hall–Kier alpha value is -3.85. The summed E-state index contributed by atoms with van der Waals surface area (Å²) in [4.78, 5) is 37.5. The summed E-state index contributed by atoms with van der Waals surface area (Å²) in [6.07, 6.45) is 73.2. The van der Waals surface area contributed by atoms with Crippen LogP contribution in [0.4, 0.5) is 0 Å². The number of amides is 1. The highest BCUT2D eigenvalue weighted by molar-refractivity contribution is 7.47. The number of unbranched alkanes of at least 4 members (excludes halogenated alkanes) is 13. The van der Waals surface area contributed by atoms with E-state index in [9.17, 15) is 19.0 Å². The van der Waals surface area contributed by atoms with E-state index in [-0.39, 0.29) is 32.0 Å². The second-order valence-electron chi connectivity index (χ2n) is 19.7. The van der Waals surface area contributed by atoms with Gasteiger partial charge in [-0.25, -0.2) is 4.57 Å². The second-order valence-corrected chi connectivity index (χ2v) is 21.1. The maximum Gasteiger partial charge on any atom is 0.472 e. The number of ether oxygens (including phenoxy) is 1. The predicted octanol–water partition coefficient (Wildman–Crippen LogP) is 17.3. The minimum atomic E-state index is -4.48. The Morgan fingerprint density at radius 3 is 1.34 bits per heavy atom. The number of allylic oxidation sites excluding steroid dienone is 21. The Labute approximate surface area is 447 Å². The van der Waals surface area contributed by atoms with Crippen molar-refractivity contribution in [3.63, 3.8) is 0 Å². The van der Waals surface area contributed by atoms with E-state index in [4.69, 9.17) is 13.8 Å². The van der Waals surface area contributed by atoms with Crippen LogP contribution in [0.15, 0.2) is 134 Å². The van der Waals surface area contributed by atoms with Gasteiger partial charge in [-0.05, 0) is 109 Å². The van der Waals surface area contributed by atoms with Gasteiger partial charge in [-0.3, -0.25) is 18.6 Å². The Balaban J connectivity index is 5.54. The van der Waals surface area contributed by atoms with Gasteiger partial charge in [-0.1, -0.05) is 213 Å². The van der Waals surface area contributed by atoms with Crippen molar-refractivity contribution >= 4 is 19.7 Å². The number of hydrogen-bond donors (Lipinski definition) is 2. The van der Waals surface area contributed by atoms with Gasteiger partial charge in [-0.2, -0.15) is 0 Å². The number of hydrogen-bond acceptors (Lipinski definition) is 6. The molecule has 0 aliphatic carbocycles. The Bertz CT molecular complexity index is 1710. The summed E-state index contributed by atoms with van der Waals surface area (Å²) in [6.45, 7) is 6.67. The zero-order valence-electron chi connectivity index (χ0n) is 47.1. The summed E-state index contributed by atoms with van der Waals surface area (Å²) in [6, 6.07) is -0.905. The number of nitrogens with zero attached hydrogens (tertiary/aromatic N) is 1. The van der Waals surface area contributed by atoms with Gasteiger partial charge < -0.3 is 19.4 Å². The van der Waals surface area contributed by atoms with E-state index in [1.54, 1.807) is 0 Å². The van der Waals surface area contributed by atoms with Crippen LogP contribution in [0.5, 0.6) is 0 Å². The monoisotopic (exact) mass is 1030 g/mol. The number of carbonyl (C=O) groups is 2. The van der Waals surface area contributed by atoms with E-state index in [2.05, 4.69) is 135 Å². The van der Waals surface area contributed by atoms with Gasteiger partial charge in [0.2, 0.25) is 5.91 Å². The minimum absolute atomic E-state index is 0.0149. The normalized spacial score (nSPS) is 14.8. The van der Waals surface area contributed by atoms with E-state index >= 15 is 0 Å². The number of rotatable bonds is 49. The Morgan fingerprint density at radius 2 is 0.890 bits per heavy atom. The van der Waals surface area contributed by atoms with Crippen molar-refractivity contribution in [3.8, 4) is 0 Å². The average Bonchev–Trinajstić information content (AvgIpc) is 3.35. The fourth-order valence-electron chi connectivity index (χ4n) is 7.25. The number of phosphoric ester groups is 1. The van der Waals surface area contributed by atoms with Crippen LogP contribution >= 0.6 is 7.82 Å². The number of likely N-dealkylation sites (N-methyl/N-ethyl adjacent to an activating group) is 1. The first kappa shape index (κ1) is 69.2. The smallest absolute Gasteiger partial charge is 0.456 e. The molecule has 0 aromatic carbocycles. The van der Waals surface area contributed by atoms with Crippen molar-refractivity contribution in [3.05, 3.63) is 134 Å². The van der Waals surface area contributed by atoms with Crippen molar-refractivity contribution < 1.29 is 37.3 Å². The number of quaternary nitrogens is 1. The molecule has 0 radical (unpaired) electrons. The fourth-order valence-corrected chi connectivity index (χ4v) is 7.98. The second kappa shape index (κ2) is 51.6. The molecule has 73 heavy (non-hydrogen) atoms. The van der Waals surface area contributed by atoms with Crippen molar-refractivity contribution in [1.29, 1.82) is 0 Å². The molecule has 414 valence electrons. The van der Waals surface area contributed by atoms with E-state index in [1.165, 1.54) is 51.4 Å². The van der Waals surface area contributed by atoms with Crippen LogP contribution in [0.25, 0.3) is 0 Å². The summed E-state index contributed by atoms with van der Waals surface area (Å²) in [5.41, 5.74) is 0. The molecule has 0 rings (SSSR count). The largest absolute Gasteiger partial charge is 0.472 e. The number of phosphoric acid groups is 1. The quantitative estimate of drug-likeness (QED) is 0.0205. The van der Waals surface area contributed by atoms with E-state index in [1.807, 2.05) is 45.4 Å². The van der Waals surface area contributed by atoms with Gasteiger partial charge in [-0.15, -0.1) is 0 Å². The Kier molecular flexibility index (Phi) is 48.9. The zero-order chi connectivity index (χ0) is 53.6. The fraction of sp³-hybridized carbons (Fsp3) is 0.619. The summed E-state index contributed by atoms with van der Waals surface area (Å²) < 4.78 is 30.5. The molecule has 3 atom stereocenters. The van der Waals surface area contributed by atoms with Crippen molar-refractivity contribution in [2.45, 2.75) is 213 Å². The molecule has 0 saturated heterocycles. The molecule has 2 N–H and O–H groups in total. The molecule has 0 bridgehead atoms. The first-order chi connectivity index (χ1) is 35.4. The van der Waals surface area contributed by atoms with Crippen molar-refractivity contribution in [2.24, 2.45) is 0 Å². The highest BCUT2D eigenvalue weighted by Crippen LogP contribution is 2.43. The third-order valence-electron chi connectivity index (χ3n) is 11.6. The van der Waals surface area contributed by atoms with Crippen LogP contribution in [0.2, 0.25) is 0 Å². The lowest BCUT2D eigenvalue weighted by molar-refractivity contribution is -0.870. The number of carbonyl (C=O) groups excluding carboxylic acids is 2. The maximum absolute atomic E-state index is 13.5. The summed E-state index contributed by atoms with van der Waals surface area (Å²) in [5, 5.41) is 3.00. The van der Waals surface area contributed by atoms with E-state index in [0.717, 1.165) is 103 Å². The molecular weight excluding hydrogens is 928 g/mol. The van der Waals surface area contributed by atoms with Crippen LogP contribution in [0.3, 0.4) is 0 Å². The summed E-state index contributed by atoms with van der Waals surface area (Å²) in [7, 11) is 1.41. The lowest BCUT2D eigenvalue weighted by atomic mass is 10.1. The van der Waals surface area contributed by atoms with Gasteiger partial charge >= 0.3 is 13.8 Å². The number of esters is 1. The summed E-state index contributed by atoms with van der Waals surface area (Å²) >= 11 is 0. The molecule has 0 spiro atoms. The molecule has 10 heteroatoms. The Morgan fingerprint density at radius 1 is 0.493 bits per heavy atom. The zero-order valence-corrected chi connectivity index (χ0v) is 48.0. The molecule has 0 aromatic heterocycles. The molecule has 0 heterocycles. The standard InChI is InChI=1S/C63H105N2O7P/c1-7-10-13-16-19-22-25-28-30-32-33-34-36-38-41-44-47-50-53-56-63(67)72-61(54-51-48-45-42-39-27-24-21-18-15-12-9-3)60(59-71-73(68,69)70-58-57-65(4,5)6)64-62(66)55-52-49-46-43-40-37-35-31-29-26-23-20-17-14-11-8-2/h10-11,13-14,19-20,22-23,28-31,33-34,37-38,40-41,47,50-51,54,60-61H,7-9,12,15-18,21,24-27,32,35-36,39,42-46,48-49,52-53,55-59H2,1-6H3,(H-,64,66,68,69)/p+1/b13-10-,14-11+,22-19-,23-20+,30-28-,31-29+,34-33-,40-37+,41-38-,50-47-,54-51+. The molecule has 9 nitrogen and oxygen atoms in total. The molecular formula is C63H106N2O7P+.